The van der Waals surface area contributed by atoms with E-state index in [2.05, 4.69) is 10.3 Å². The molecule has 1 heterocycles. The molecule has 17 heavy (non-hydrogen) atoms. The summed E-state index contributed by atoms with van der Waals surface area (Å²) in [5.41, 5.74) is 5.68. The summed E-state index contributed by atoms with van der Waals surface area (Å²) in [5, 5.41) is 7.07. The molecular formula is C9H11F3N4O. The third-order valence-electron chi connectivity index (χ3n) is 2.48. The Bertz CT molecular complexity index is 436. The van der Waals surface area contributed by atoms with Gasteiger partial charge >= 0.3 is 6.18 Å². The van der Waals surface area contributed by atoms with Gasteiger partial charge in [0.1, 0.15) is 6.54 Å². The number of nitrogens with two attached hydrogens (primary N) is 1. The van der Waals surface area contributed by atoms with Crippen molar-refractivity contribution >= 4 is 5.91 Å². The summed E-state index contributed by atoms with van der Waals surface area (Å²) in [6.45, 7) is -1.18. The van der Waals surface area contributed by atoms with Crippen LogP contribution in [-0.2, 0) is 17.8 Å². The van der Waals surface area contributed by atoms with Gasteiger partial charge in [-0.15, -0.1) is 5.10 Å². The molecule has 1 aliphatic rings. The van der Waals surface area contributed by atoms with Crippen LogP contribution in [-0.4, -0.2) is 27.1 Å². The molecule has 1 fully saturated rings. The Labute approximate surface area is 94.8 Å². The fourth-order valence-electron chi connectivity index (χ4n) is 1.74. The van der Waals surface area contributed by atoms with E-state index >= 15 is 0 Å². The van der Waals surface area contributed by atoms with E-state index in [1.165, 1.54) is 0 Å². The molecule has 0 aliphatic heterocycles. The molecule has 0 atom stereocenters. The van der Waals surface area contributed by atoms with Crippen molar-refractivity contribution < 1.29 is 18.0 Å². The maximum absolute atomic E-state index is 12.3. The zero-order valence-corrected chi connectivity index (χ0v) is 8.87. The summed E-state index contributed by atoms with van der Waals surface area (Å²) < 4.78 is 37.7. The van der Waals surface area contributed by atoms with Crippen molar-refractivity contribution in [3.8, 4) is 0 Å². The highest BCUT2D eigenvalue weighted by atomic mass is 19.4. The van der Waals surface area contributed by atoms with E-state index in [-0.39, 0.29) is 18.0 Å². The van der Waals surface area contributed by atoms with E-state index in [1.807, 2.05) is 0 Å². The second-order valence-electron chi connectivity index (χ2n) is 4.11. The van der Waals surface area contributed by atoms with Gasteiger partial charge in [-0.25, -0.2) is 4.68 Å². The summed E-state index contributed by atoms with van der Waals surface area (Å²) in [6.07, 6.45) is -2.90. The first kappa shape index (κ1) is 11.9. The molecule has 1 aromatic rings. The third-order valence-corrected chi connectivity index (χ3v) is 2.48. The van der Waals surface area contributed by atoms with Gasteiger partial charge in [-0.2, -0.15) is 13.2 Å². The third kappa shape index (κ3) is 2.95. The van der Waals surface area contributed by atoms with Gasteiger partial charge < -0.3 is 5.73 Å². The van der Waals surface area contributed by atoms with Gasteiger partial charge in [0.25, 0.3) is 0 Å². The molecule has 0 aromatic carbocycles. The molecule has 2 rings (SSSR count). The van der Waals surface area contributed by atoms with Crippen molar-refractivity contribution in [2.75, 3.05) is 0 Å². The molecule has 1 aliphatic carbocycles. The Hall–Kier alpha value is -1.60. The largest absolute Gasteiger partial charge is 0.408 e. The highest BCUT2D eigenvalue weighted by Crippen LogP contribution is 2.41. The van der Waals surface area contributed by atoms with E-state index in [1.54, 1.807) is 0 Å². The predicted molar refractivity (Wildman–Crippen MR) is 51.0 cm³/mol. The van der Waals surface area contributed by atoms with Crippen molar-refractivity contribution in [1.82, 2.24) is 15.0 Å². The first-order chi connectivity index (χ1) is 7.87. The number of rotatable bonds is 4. The van der Waals surface area contributed by atoms with Crippen molar-refractivity contribution in [2.45, 2.75) is 37.9 Å². The topological polar surface area (TPSA) is 73.8 Å². The van der Waals surface area contributed by atoms with Crippen LogP contribution in [0.25, 0.3) is 0 Å². The number of hydrogen-bond acceptors (Lipinski definition) is 3. The fourth-order valence-corrected chi connectivity index (χ4v) is 1.74. The van der Waals surface area contributed by atoms with Crippen molar-refractivity contribution in [3.63, 3.8) is 0 Å². The van der Waals surface area contributed by atoms with Crippen LogP contribution in [0.5, 0.6) is 0 Å². The number of aromatic nitrogens is 3. The molecule has 0 spiro atoms. The number of halogens is 3. The van der Waals surface area contributed by atoms with Crippen LogP contribution in [0.3, 0.4) is 0 Å². The second kappa shape index (κ2) is 4.01. The van der Waals surface area contributed by atoms with Gasteiger partial charge in [-0.1, -0.05) is 5.21 Å². The lowest BCUT2D eigenvalue weighted by Crippen LogP contribution is -2.21. The zero-order valence-electron chi connectivity index (χ0n) is 8.87. The summed E-state index contributed by atoms with van der Waals surface area (Å²) >= 11 is 0. The minimum absolute atomic E-state index is 0.0294. The standard InChI is InChI=1S/C9H11F3N4O/c10-9(11,12)4-16-8(5-1-2-5)6(14-15-16)3-7(13)17/h5H,1-4H2,(H2,13,17). The molecule has 0 radical (unpaired) electrons. The zero-order chi connectivity index (χ0) is 12.6. The maximum Gasteiger partial charge on any atom is 0.408 e. The number of alkyl halides is 3. The maximum atomic E-state index is 12.3. The molecule has 1 aromatic heterocycles. The number of hydrogen-bond donors (Lipinski definition) is 1. The van der Waals surface area contributed by atoms with E-state index in [9.17, 15) is 18.0 Å². The molecular weight excluding hydrogens is 237 g/mol. The quantitative estimate of drug-likeness (QED) is 0.854. The van der Waals surface area contributed by atoms with Crippen LogP contribution in [0.2, 0.25) is 0 Å². The van der Waals surface area contributed by atoms with Crippen LogP contribution in [0, 0.1) is 0 Å². The van der Waals surface area contributed by atoms with Crippen LogP contribution < -0.4 is 5.73 Å². The molecule has 1 amide bonds. The van der Waals surface area contributed by atoms with E-state index in [0.717, 1.165) is 17.5 Å². The number of amides is 1. The summed E-state index contributed by atoms with van der Waals surface area (Å²) in [6, 6.07) is 0. The molecule has 2 N–H and O–H groups in total. The molecule has 94 valence electrons. The van der Waals surface area contributed by atoms with Gasteiger partial charge in [0.2, 0.25) is 5.91 Å². The highest BCUT2D eigenvalue weighted by molar-refractivity contribution is 5.76. The summed E-state index contributed by atoms with van der Waals surface area (Å²) in [4.78, 5) is 10.8. The van der Waals surface area contributed by atoms with Gasteiger partial charge in [0.15, 0.2) is 0 Å². The molecule has 0 saturated heterocycles. The van der Waals surface area contributed by atoms with Crippen LogP contribution >= 0.6 is 0 Å². The first-order valence-electron chi connectivity index (χ1n) is 5.14. The Kier molecular flexibility index (Phi) is 2.80. The number of carbonyl (C=O) groups is 1. The summed E-state index contributed by atoms with van der Waals surface area (Å²) in [5.74, 6) is -0.590. The lowest BCUT2D eigenvalue weighted by molar-refractivity contribution is -0.143. The van der Waals surface area contributed by atoms with E-state index in [4.69, 9.17) is 5.73 Å². The van der Waals surface area contributed by atoms with Crippen molar-refractivity contribution in [1.29, 1.82) is 0 Å². The minimum Gasteiger partial charge on any atom is -0.369 e. The Morgan fingerprint density at radius 2 is 2.12 bits per heavy atom. The minimum atomic E-state index is -4.35. The van der Waals surface area contributed by atoms with Gasteiger partial charge in [0.05, 0.1) is 17.8 Å². The van der Waals surface area contributed by atoms with E-state index < -0.39 is 18.6 Å². The predicted octanol–water partition coefficient (Wildman–Crippen LogP) is 0.746. The normalized spacial score (nSPS) is 16.2. The molecule has 8 heteroatoms. The van der Waals surface area contributed by atoms with Gasteiger partial charge in [-0.05, 0) is 12.8 Å². The number of primary amides is 1. The van der Waals surface area contributed by atoms with Crippen molar-refractivity contribution in [2.24, 2.45) is 5.73 Å². The molecule has 1 saturated carbocycles. The molecule has 5 nitrogen and oxygen atoms in total. The fraction of sp³-hybridized carbons (Fsp3) is 0.667. The lowest BCUT2D eigenvalue weighted by Gasteiger charge is -2.09. The first-order valence-corrected chi connectivity index (χ1v) is 5.14. The Balaban J connectivity index is 2.26. The summed E-state index contributed by atoms with van der Waals surface area (Å²) in [7, 11) is 0. The molecule has 0 bridgehead atoms. The number of nitrogens with zero attached hydrogens (tertiary/aromatic N) is 3. The van der Waals surface area contributed by atoms with Crippen molar-refractivity contribution in [3.05, 3.63) is 11.4 Å². The van der Waals surface area contributed by atoms with Crippen LogP contribution in [0.1, 0.15) is 30.1 Å². The Morgan fingerprint density at radius 1 is 1.47 bits per heavy atom. The number of carbonyl (C=O) groups excluding carboxylic acids is 1. The lowest BCUT2D eigenvalue weighted by atomic mass is 10.2. The monoisotopic (exact) mass is 248 g/mol. The average Bonchev–Trinajstić information content (AvgIpc) is 2.90. The second-order valence-corrected chi connectivity index (χ2v) is 4.11. The highest BCUT2D eigenvalue weighted by Gasteiger charge is 2.36. The van der Waals surface area contributed by atoms with Gasteiger partial charge in [-0.3, -0.25) is 4.79 Å². The molecule has 0 unspecified atom stereocenters. The average molecular weight is 248 g/mol. The van der Waals surface area contributed by atoms with Gasteiger partial charge in [0, 0.05) is 5.92 Å². The Morgan fingerprint density at radius 3 is 2.59 bits per heavy atom. The smallest absolute Gasteiger partial charge is 0.369 e. The van der Waals surface area contributed by atoms with E-state index in [0.29, 0.717) is 5.69 Å². The van der Waals surface area contributed by atoms with Crippen LogP contribution in [0.15, 0.2) is 0 Å². The van der Waals surface area contributed by atoms with Crippen LogP contribution in [0.4, 0.5) is 13.2 Å². The SMILES string of the molecule is NC(=O)Cc1nnn(CC(F)(F)F)c1C1CC1.